The molecule has 1 heterocycles. The molecule has 0 saturated carbocycles. The second-order valence-electron chi connectivity index (χ2n) is 2.84. The SMILES string of the molecule is O=Cc1ncnc2ccc([N+](=O)[O-])cc12. The van der Waals surface area contributed by atoms with Crippen LogP contribution >= 0.6 is 0 Å². The first-order valence-corrected chi connectivity index (χ1v) is 4.06. The average Bonchev–Trinajstić information content (AvgIpc) is 2.27. The van der Waals surface area contributed by atoms with Gasteiger partial charge in [0.1, 0.15) is 12.0 Å². The highest BCUT2D eigenvalue weighted by Crippen LogP contribution is 2.20. The van der Waals surface area contributed by atoms with E-state index < -0.39 is 4.92 Å². The van der Waals surface area contributed by atoms with E-state index in [1.165, 1.54) is 24.5 Å². The van der Waals surface area contributed by atoms with E-state index in [1.807, 2.05) is 0 Å². The van der Waals surface area contributed by atoms with Gasteiger partial charge in [-0.15, -0.1) is 0 Å². The Kier molecular flexibility index (Phi) is 2.09. The van der Waals surface area contributed by atoms with Crippen LogP contribution < -0.4 is 0 Å². The molecular weight excluding hydrogens is 198 g/mol. The van der Waals surface area contributed by atoms with Crippen LogP contribution in [0.4, 0.5) is 5.69 Å². The van der Waals surface area contributed by atoms with Gasteiger partial charge >= 0.3 is 0 Å². The Morgan fingerprint density at radius 2 is 2.13 bits per heavy atom. The largest absolute Gasteiger partial charge is 0.296 e. The summed E-state index contributed by atoms with van der Waals surface area (Å²) in [5, 5.41) is 10.9. The van der Waals surface area contributed by atoms with E-state index in [0.717, 1.165) is 0 Å². The van der Waals surface area contributed by atoms with E-state index in [4.69, 9.17) is 0 Å². The van der Waals surface area contributed by atoms with Gasteiger partial charge in [0, 0.05) is 17.5 Å². The van der Waals surface area contributed by atoms with Crippen molar-refractivity contribution in [2.24, 2.45) is 0 Å². The number of nitrogens with zero attached hydrogens (tertiary/aromatic N) is 3. The number of aromatic nitrogens is 2. The van der Waals surface area contributed by atoms with Gasteiger partial charge in [-0.2, -0.15) is 0 Å². The Balaban J connectivity index is 2.78. The molecule has 2 rings (SSSR count). The lowest BCUT2D eigenvalue weighted by Gasteiger charge is -1.98. The molecule has 0 radical (unpaired) electrons. The topological polar surface area (TPSA) is 86.0 Å². The number of aldehydes is 1. The highest BCUT2D eigenvalue weighted by Gasteiger charge is 2.09. The van der Waals surface area contributed by atoms with Crippen LogP contribution in [-0.2, 0) is 0 Å². The first-order valence-electron chi connectivity index (χ1n) is 4.06. The zero-order valence-electron chi connectivity index (χ0n) is 7.45. The third-order valence-corrected chi connectivity index (χ3v) is 1.97. The molecule has 6 nitrogen and oxygen atoms in total. The van der Waals surface area contributed by atoms with E-state index in [0.29, 0.717) is 17.2 Å². The second-order valence-corrected chi connectivity index (χ2v) is 2.84. The van der Waals surface area contributed by atoms with Gasteiger partial charge < -0.3 is 0 Å². The molecular formula is C9H5N3O3. The van der Waals surface area contributed by atoms with Crippen LogP contribution in [0, 0.1) is 10.1 Å². The maximum Gasteiger partial charge on any atom is 0.270 e. The molecule has 0 spiro atoms. The van der Waals surface area contributed by atoms with Crippen molar-refractivity contribution in [3.63, 3.8) is 0 Å². The fourth-order valence-corrected chi connectivity index (χ4v) is 1.27. The molecule has 0 fully saturated rings. The smallest absolute Gasteiger partial charge is 0.270 e. The first-order chi connectivity index (χ1) is 7.22. The van der Waals surface area contributed by atoms with Gasteiger partial charge in [0.25, 0.3) is 5.69 Å². The number of hydrogen-bond acceptors (Lipinski definition) is 5. The molecule has 0 saturated heterocycles. The second kappa shape index (κ2) is 3.41. The van der Waals surface area contributed by atoms with E-state index in [2.05, 4.69) is 9.97 Å². The van der Waals surface area contributed by atoms with Crippen LogP contribution in [0.15, 0.2) is 24.5 Å². The Bertz CT molecular complexity index is 553. The molecule has 0 aliphatic rings. The van der Waals surface area contributed by atoms with Crippen molar-refractivity contribution < 1.29 is 9.72 Å². The number of rotatable bonds is 2. The van der Waals surface area contributed by atoms with Crippen LogP contribution in [-0.4, -0.2) is 21.2 Å². The molecule has 0 aliphatic heterocycles. The summed E-state index contributed by atoms with van der Waals surface area (Å²) in [6, 6.07) is 4.12. The fraction of sp³-hybridized carbons (Fsp3) is 0. The van der Waals surface area contributed by atoms with Crippen molar-refractivity contribution in [3.8, 4) is 0 Å². The quantitative estimate of drug-likeness (QED) is 0.417. The lowest BCUT2D eigenvalue weighted by Crippen LogP contribution is -1.93. The van der Waals surface area contributed by atoms with Crippen LogP contribution in [0.1, 0.15) is 10.5 Å². The highest BCUT2D eigenvalue weighted by molar-refractivity contribution is 5.95. The molecule has 0 N–H and O–H groups in total. The normalized spacial score (nSPS) is 10.1. The first kappa shape index (κ1) is 9.20. The van der Waals surface area contributed by atoms with Gasteiger partial charge in [0.05, 0.1) is 10.4 Å². The zero-order valence-corrected chi connectivity index (χ0v) is 7.45. The number of carbonyl (C=O) groups is 1. The minimum absolute atomic E-state index is 0.0830. The van der Waals surface area contributed by atoms with Crippen LogP contribution in [0.25, 0.3) is 10.9 Å². The number of non-ortho nitro benzene ring substituents is 1. The Morgan fingerprint density at radius 3 is 2.80 bits per heavy atom. The molecule has 0 aliphatic carbocycles. The van der Waals surface area contributed by atoms with E-state index >= 15 is 0 Å². The summed E-state index contributed by atoms with van der Waals surface area (Å²) in [5.41, 5.74) is 0.585. The summed E-state index contributed by atoms with van der Waals surface area (Å²) < 4.78 is 0. The summed E-state index contributed by atoms with van der Waals surface area (Å²) in [6.07, 6.45) is 1.80. The van der Waals surface area contributed by atoms with Gasteiger partial charge in [-0.25, -0.2) is 9.97 Å². The zero-order chi connectivity index (χ0) is 10.8. The van der Waals surface area contributed by atoms with Gasteiger partial charge in [0.2, 0.25) is 0 Å². The van der Waals surface area contributed by atoms with Crippen molar-refractivity contribution in [3.05, 3.63) is 40.3 Å². The van der Waals surface area contributed by atoms with Gasteiger partial charge in [0.15, 0.2) is 6.29 Å². The highest BCUT2D eigenvalue weighted by atomic mass is 16.6. The van der Waals surface area contributed by atoms with E-state index in [1.54, 1.807) is 0 Å². The molecule has 74 valence electrons. The summed E-state index contributed by atoms with van der Waals surface area (Å²) in [5.74, 6) is 0. The summed E-state index contributed by atoms with van der Waals surface area (Å²) in [7, 11) is 0. The number of fused-ring (bicyclic) bond motifs is 1. The van der Waals surface area contributed by atoms with Crippen molar-refractivity contribution in [1.82, 2.24) is 9.97 Å². The maximum absolute atomic E-state index is 10.6. The third kappa shape index (κ3) is 1.52. The molecule has 1 aromatic heterocycles. The minimum atomic E-state index is -0.527. The molecule has 0 amide bonds. The minimum Gasteiger partial charge on any atom is -0.296 e. The monoisotopic (exact) mass is 203 g/mol. The summed E-state index contributed by atoms with van der Waals surface area (Å²) >= 11 is 0. The van der Waals surface area contributed by atoms with E-state index in [-0.39, 0.29) is 11.4 Å². The van der Waals surface area contributed by atoms with Crippen LogP contribution in [0.5, 0.6) is 0 Å². The number of hydrogen-bond donors (Lipinski definition) is 0. The van der Waals surface area contributed by atoms with Crippen LogP contribution in [0.3, 0.4) is 0 Å². The molecule has 6 heteroatoms. The van der Waals surface area contributed by atoms with Crippen molar-refractivity contribution in [2.45, 2.75) is 0 Å². The Hall–Kier alpha value is -2.37. The predicted molar refractivity (Wildman–Crippen MR) is 51.6 cm³/mol. The van der Waals surface area contributed by atoms with Gasteiger partial charge in [-0.05, 0) is 6.07 Å². The molecule has 15 heavy (non-hydrogen) atoms. The number of nitro benzene ring substituents is 1. The number of carbonyl (C=O) groups excluding carboxylic acids is 1. The van der Waals surface area contributed by atoms with Gasteiger partial charge in [-0.1, -0.05) is 0 Å². The number of benzene rings is 1. The fourth-order valence-electron chi connectivity index (χ4n) is 1.27. The Morgan fingerprint density at radius 1 is 1.33 bits per heavy atom. The van der Waals surface area contributed by atoms with E-state index in [9.17, 15) is 14.9 Å². The van der Waals surface area contributed by atoms with Crippen molar-refractivity contribution in [2.75, 3.05) is 0 Å². The molecule has 0 unspecified atom stereocenters. The summed E-state index contributed by atoms with van der Waals surface area (Å²) in [4.78, 5) is 28.3. The standard InChI is InChI=1S/C9H5N3O3/c13-4-9-7-3-6(12(14)15)1-2-8(7)10-5-11-9/h1-5H. The number of nitro groups is 1. The van der Waals surface area contributed by atoms with Gasteiger partial charge in [-0.3, -0.25) is 14.9 Å². The van der Waals surface area contributed by atoms with Crippen LogP contribution in [0.2, 0.25) is 0 Å². The lowest BCUT2D eigenvalue weighted by atomic mass is 10.2. The molecule has 0 bridgehead atoms. The molecule has 2 aromatic rings. The van der Waals surface area contributed by atoms with Crippen molar-refractivity contribution in [1.29, 1.82) is 0 Å². The molecule has 0 atom stereocenters. The molecule has 1 aromatic carbocycles. The lowest BCUT2D eigenvalue weighted by molar-refractivity contribution is -0.384. The predicted octanol–water partition coefficient (Wildman–Crippen LogP) is 1.35. The summed E-state index contributed by atoms with van der Waals surface area (Å²) in [6.45, 7) is 0. The average molecular weight is 203 g/mol. The van der Waals surface area contributed by atoms with Crippen molar-refractivity contribution >= 4 is 22.9 Å². The maximum atomic E-state index is 10.6. The Labute approximate surface area is 83.7 Å². The third-order valence-electron chi connectivity index (χ3n) is 1.97.